The molecule has 0 heterocycles. The van der Waals surface area contributed by atoms with E-state index in [4.69, 9.17) is 9.90 Å². The summed E-state index contributed by atoms with van der Waals surface area (Å²) in [5.74, 6) is -1.01. The highest BCUT2D eigenvalue weighted by Crippen LogP contribution is 1.83. The van der Waals surface area contributed by atoms with Gasteiger partial charge in [-0.3, -0.25) is 9.59 Å². The van der Waals surface area contributed by atoms with E-state index in [2.05, 4.69) is 18.5 Å². The maximum Gasteiger partial charge on any atom is 0.300 e. The molecule has 12 heavy (non-hydrogen) atoms. The lowest BCUT2D eigenvalue weighted by molar-refractivity contribution is -0.134. The minimum Gasteiger partial charge on any atom is -0.481 e. The molecule has 4 heteroatoms. The zero-order valence-electron chi connectivity index (χ0n) is 7.26. The van der Waals surface area contributed by atoms with E-state index in [1.807, 2.05) is 0 Å². The molecule has 0 aliphatic rings. The SMILES string of the molecule is C=CNC(=O)C(=C)C.CC(=O)O. The minimum atomic E-state index is -0.833. The van der Waals surface area contributed by atoms with Crippen LogP contribution in [-0.2, 0) is 9.59 Å². The fourth-order valence-electron chi connectivity index (χ4n) is 0.216. The first-order valence-electron chi connectivity index (χ1n) is 3.18. The van der Waals surface area contributed by atoms with Crippen LogP contribution in [0.4, 0.5) is 0 Å². The molecule has 0 saturated carbocycles. The molecule has 68 valence electrons. The number of carboxylic acid groups (broad SMARTS) is 1. The third kappa shape index (κ3) is 15.8. The summed E-state index contributed by atoms with van der Waals surface area (Å²) in [4.78, 5) is 19.5. The van der Waals surface area contributed by atoms with Gasteiger partial charge in [-0.2, -0.15) is 0 Å². The van der Waals surface area contributed by atoms with Crippen LogP contribution in [0.5, 0.6) is 0 Å². The number of amides is 1. The zero-order chi connectivity index (χ0) is 10.1. The fourth-order valence-corrected chi connectivity index (χ4v) is 0.216. The summed E-state index contributed by atoms with van der Waals surface area (Å²) >= 11 is 0. The second-order valence-electron chi connectivity index (χ2n) is 1.98. The van der Waals surface area contributed by atoms with Gasteiger partial charge in [0.2, 0.25) is 5.91 Å². The standard InChI is InChI=1S/C6H9NO.C2H4O2/c1-4-7-6(8)5(2)3;1-2(3)4/h4H,1-2H2,3H3,(H,7,8);1H3,(H,3,4). The van der Waals surface area contributed by atoms with Gasteiger partial charge in [0, 0.05) is 12.5 Å². The predicted octanol–water partition coefficient (Wildman–Crippen LogP) is 0.913. The fraction of sp³-hybridized carbons (Fsp3) is 0.250. The molecule has 0 unspecified atom stereocenters. The van der Waals surface area contributed by atoms with Gasteiger partial charge in [-0.1, -0.05) is 13.2 Å². The Bertz CT molecular complexity index is 192. The smallest absolute Gasteiger partial charge is 0.300 e. The second kappa shape index (κ2) is 7.53. The Labute approximate surface area is 71.6 Å². The summed E-state index contributed by atoms with van der Waals surface area (Å²) in [5.41, 5.74) is 0.491. The van der Waals surface area contributed by atoms with Crippen molar-refractivity contribution in [2.24, 2.45) is 0 Å². The van der Waals surface area contributed by atoms with Crippen LogP contribution >= 0.6 is 0 Å². The normalized spacial score (nSPS) is 7.17. The lowest BCUT2D eigenvalue weighted by Crippen LogP contribution is -2.16. The molecule has 0 bridgehead atoms. The number of carbonyl (C=O) groups excluding carboxylic acids is 1. The van der Waals surface area contributed by atoms with E-state index in [9.17, 15) is 4.79 Å². The lowest BCUT2D eigenvalue weighted by atomic mass is 10.3. The molecule has 0 aliphatic carbocycles. The lowest BCUT2D eigenvalue weighted by Gasteiger charge is -1.93. The summed E-state index contributed by atoms with van der Waals surface area (Å²) in [7, 11) is 0. The van der Waals surface area contributed by atoms with Crippen molar-refractivity contribution >= 4 is 11.9 Å². The quantitative estimate of drug-likeness (QED) is 0.607. The van der Waals surface area contributed by atoms with Crippen molar-refractivity contribution in [3.8, 4) is 0 Å². The summed E-state index contributed by atoms with van der Waals surface area (Å²) < 4.78 is 0. The molecule has 0 aromatic carbocycles. The van der Waals surface area contributed by atoms with Crippen LogP contribution < -0.4 is 5.32 Å². The van der Waals surface area contributed by atoms with Crippen LogP contribution in [0.25, 0.3) is 0 Å². The molecule has 0 radical (unpaired) electrons. The Hall–Kier alpha value is -1.58. The van der Waals surface area contributed by atoms with Crippen LogP contribution in [0, 0.1) is 0 Å². The molecule has 2 N–H and O–H groups in total. The topological polar surface area (TPSA) is 66.4 Å². The molecule has 4 nitrogen and oxygen atoms in total. The van der Waals surface area contributed by atoms with Gasteiger partial charge in [-0.15, -0.1) is 0 Å². The highest BCUT2D eigenvalue weighted by atomic mass is 16.4. The summed E-state index contributed by atoms with van der Waals surface area (Å²) in [6, 6.07) is 0. The van der Waals surface area contributed by atoms with Crippen LogP contribution in [0.1, 0.15) is 13.8 Å². The predicted molar refractivity (Wildman–Crippen MR) is 46.5 cm³/mol. The van der Waals surface area contributed by atoms with Gasteiger partial charge in [0.15, 0.2) is 0 Å². The average Bonchev–Trinajstić information content (AvgIpc) is 1.86. The summed E-state index contributed by atoms with van der Waals surface area (Å²) in [6.45, 7) is 9.44. The van der Waals surface area contributed by atoms with E-state index < -0.39 is 5.97 Å². The number of hydrogen-bond acceptors (Lipinski definition) is 2. The monoisotopic (exact) mass is 171 g/mol. The third-order valence-corrected chi connectivity index (χ3v) is 0.621. The van der Waals surface area contributed by atoms with E-state index in [0.717, 1.165) is 6.92 Å². The maximum absolute atomic E-state index is 10.5. The average molecular weight is 171 g/mol. The number of nitrogens with one attached hydrogen (secondary N) is 1. The molecule has 0 aromatic heterocycles. The van der Waals surface area contributed by atoms with Crippen LogP contribution in [0.3, 0.4) is 0 Å². The van der Waals surface area contributed by atoms with Gasteiger partial charge in [-0.05, 0) is 13.1 Å². The zero-order valence-corrected chi connectivity index (χ0v) is 7.26. The Morgan fingerprint density at radius 2 is 1.75 bits per heavy atom. The van der Waals surface area contributed by atoms with Crippen LogP contribution in [0.2, 0.25) is 0 Å². The first-order chi connectivity index (χ1) is 5.41. The van der Waals surface area contributed by atoms with Gasteiger partial charge >= 0.3 is 0 Å². The van der Waals surface area contributed by atoms with E-state index in [1.54, 1.807) is 6.92 Å². The first-order valence-corrected chi connectivity index (χ1v) is 3.18. The molecule has 0 fully saturated rings. The molecule has 1 amide bonds. The van der Waals surface area contributed by atoms with E-state index in [0.29, 0.717) is 5.57 Å². The van der Waals surface area contributed by atoms with Gasteiger partial charge in [0.25, 0.3) is 5.97 Å². The van der Waals surface area contributed by atoms with Crippen molar-refractivity contribution in [3.63, 3.8) is 0 Å². The van der Waals surface area contributed by atoms with Crippen LogP contribution in [0.15, 0.2) is 24.9 Å². The van der Waals surface area contributed by atoms with Crippen molar-refractivity contribution < 1.29 is 14.7 Å². The van der Waals surface area contributed by atoms with Gasteiger partial charge in [0.05, 0.1) is 0 Å². The number of aliphatic carboxylic acids is 1. The largest absolute Gasteiger partial charge is 0.481 e. The third-order valence-electron chi connectivity index (χ3n) is 0.621. The molecular weight excluding hydrogens is 158 g/mol. The van der Waals surface area contributed by atoms with E-state index >= 15 is 0 Å². The molecule has 0 aliphatic heterocycles. The Morgan fingerprint density at radius 3 is 1.83 bits per heavy atom. The molecule has 0 atom stereocenters. The van der Waals surface area contributed by atoms with E-state index in [-0.39, 0.29) is 5.91 Å². The Morgan fingerprint density at radius 1 is 1.42 bits per heavy atom. The molecule has 0 aromatic rings. The number of rotatable bonds is 2. The van der Waals surface area contributed by atoms with Crippen LogP contribution in [-0.4, -0.2) is 17.0 Å². The summed E-state index contributed by atoms with van der Waals surface area (Å²) in [6.07, 6.45) is 1.33. The number of hydrogen-bond donors (Lipinski definition) is 2. The van der Waals surface area contributed by atoms with Crippen molar-refractivity contribution in [1.29, 1.82) is 0 Å². The number of carbonyl (C=O) groups is 2. The van der Waals surface area contributed by atoms with Crippen molar-refractivity contribution in [2.75, 3.05) is 0 Å². The van der Waals surface area contributed by atoms with Crippen molar-refractivity contribution in [3.05, 3.63) is 24.9 Å². The molecule has 0 saturated heterocycles. The molecule has 0 rings (SSSR count). The highest BCUT2D eigenvalue weighted by Gasteiger charge is 1.93. The Kier molecular flexibility index (Phi) is 8.18. The minimum absolute atomic E-state index is 0.181. The highest BCUT2D eigenvalue weighted by molar-refractivity contribution is 5.92. The van der Waals surface area contributed by atoms with Crippen molar-refractivity contribution in [2.45, 2.75) is 13.8 Å². The number of carboxylic acids is 1. The maximum atomic E-state index is 10.5. The first kappa shape index (κ1) is 13.0. The van der Waals surface area contributed by atoms with Gasteiger partial charge < -0.3 is 10.4 Å². The Balaban J connectivity index is 0. The molecule has 0 spiro atoms. The van der Waals surface area contributed by atoms with Gasteiger partial charge in [-0.25, -0.2) is 0 Å². The summed E-state index contributed by atoms with van der Waals surface area (Å²) in [5, 5.41) is 9.79. The van der Waals surface area contributed by atoms with Gasteiger partial charge in [0.1, 0.15) is 0 Å². The van der Waals surface area contributed by atoms with Crippen molar-refractivity contribution in [1.82, 2.24) is 5.32 Å². The second-order valence-corrected chi connectivity index (χ2v) is 1.98. The van der Waals surface area contributed by atoms with E-state index in [1.165, 1.54) is 6.20 Å². The molecular formula is C8H13NO3.